The van der Waals surface area contributed by atoms with E-state index in [9.17, 15) is 4.79 Å². The first-order chi connectivity index (χ1) is 12.6. The minimum Gasteiger partial charge on any atom is -0.496 e. The standard InChI is InChI=1S/C19H18BrN3O3/c1-25-17-7-6-12(10-15(17)20)23-11-22-9-8-16(21-26-2)13-4-3-5-14(18(13)22)19(23)24/h3-7,10H,8-9,11H2,1-2H3. The number of benzene rings is 2. The van der Waals surface area contributed by atoms with Gasteiger partial charge in [0, 0.05) is 24.2 Å². The Labute approximate surface area is 160 Å². The van der Waals surface area contributed by atoms with E-state index in [-0.39, 0.29) is 5.91 Å². The molecule has 26 heavy (non-hydrogen) atoms. The van der Waals surface area contributed by atoms with Gasteiger partial charge in [-0.3, -0.25) is 9.69 Å². The summed E-state index contributed by atoms with van der Waals surface area (Å²) < 4.78 is 6.10. The van der Waals surface area contributed by atoms with Crippen LogP contribution in [0.1, 0.15) is 22.3 Å². The zero-order valence-electron chi connectivity index (χ0n) is 14.5. The summed E-state index contributed by atoms with van der Waals surface area (Å²) in [6, 6.07) is 11.4. The molecule has 0 aliphatic carbocycles. The molecule has 0 aromatic heterocycles. The van der Waals surface area contributed by atoms with Crippen LogP contribution in [0.25, 0.3) is 0 Å². The number of anilines is 2. The maximum Gasteiger partial charge on any atom is 0.261 e. The molecule has 4 rings (SSSR count). The van der Waals surface area contributed by atoms with Crippen molar-refractivity contribution in [3.8, 4) is 5.75 Å². The van der Waals surface area contributed by atoms with E-state index in [1.165, 1.54) is 0 Å². The number of rotatable bonds is 3. The topological polar surface area (TPSA) is 54.4 Å². The number of carbonyl (C=O) groups is 1. The van der Waals surface area contributed by atoms with Gasteiger partial charge < -0.3 is 14.5 Å². The highest BCUT2D eigenvalue weighted by Crippen LogP contribution is 2.38. The fraction of sp³-hybridized carbons (Fsp3) is 0.263. The lowest BCUT2D eigenvalue weighted by atomic mass is 9.94. The summed E-state index contributed by atoms with van der Waals surface area (Å²) >= 11 is 3.50. The average molecular weight is 416 g/mol. The Morgan fingerprint density at radius 1 is 1.15 bits per heavy atom. The molecule has 0 atom stereocenters. The molecule has 0 saturated heterocycles. The van der Waals surface area contributed by atoms with Gasteiger partial charge in [0.2, 0.25) is 0 Å². The van der Waals surface area contributed by atoms with E-state index in [0.29, 0.717) is 12.2 Å². The number of ether oxygens (including phenoxy) is 1. The number of para-hydroxylation sites is 1. The fourth-order valence-electron chi connectivity index (χ4n) is 3.53. The third-order valence-electron chi connectivity index (χ3n) is 4.72. The lowest BCUT2D eigenvalue weighted by Crippen LogP contribution is -2.49. The number of halogens is 1. The molecule has 0 N–H and O–H groups in total. The number of hydrogen-bond acceptors (Lipinski definition) is 5. The zero-order chi connectivity index (χ0) is 18.3. The van der Waals surface area contributed by atoms with Gasteiger partial charge in [-0.1, -0.05) is 17.3 Å². The van der Waals surface area contributed by atoms with Gasteiger partial charge in [0.15, 0.2) is 0 Å². The molecule has 2 heterocycles. The van der Waals surface area contributed by atoms with E-state index in [2.05, 4.69) is 26.0 Å². The number of hydrogen-bond donors (Lipinski definition) is 0. The molecule has 1 amide bonds. The smallest absolute Gasteiger partial charge is 0.261 e. The van der Waals surface area contributed by atoms with Gasteiger partial charge in [-0.15, -0.1) is 0 Å². The van der Waals surface area contributed by atoms with Gasteiger partial charge in [-0.2, -0.15) is 0 Å². The summed E-state index contributed by atoms with van der Waals surface area (Å²) in [6.45, 7) is 1.29. The molecular formula is C19H18BrN3O3. The normalized spacial score (nSPS) is 17.3. The van der Waals surface area contributed by atoms with Crippen molar-refractivity contribution in [1.29, 1.82) is 0 Å². The SMILES string of the molecule is CON=C1CCN2CN(c3ccc(OC)c(Br)c3)C(=O)c3cccc1c32. The summed E-state index contributed by atoms with van der Waals surface area (Å²) in [5, 5.41) is 4.14. The second kappa shape index (κ2) is 6.64. The number of amides is 1. The lowest BCUT2D eigenvalue weighted by Gasteiger charge is -2.41. The summed E-state index contributed by atoms with van der Waals surface area (Å²) in [6.07, 6.45) is 0.776. The number of methoxy groups -OCH3 is 1. The Kier molecular flexibility index (Phi) is 4.32. The second-order valence-electron chi connectivity index (χ2n) is 6.13. The van der Waals surface area contributed by atoms with E-state index in [1.54, 1.807) is 19.1 Å². The molecule has 0 unspecified atom stereocenters. The fourth-order valence-corrected chi connectivity index (χ4v) is 4.05. The zero-order valence-corrected chi connectivity index (χ0v) is 16.1. The maximum absolute atomic E-state index is 13.2. The van der Waals surface area contributed by atoms with Crippen LogP contribution in [0.5, 0.6) is 5.75 Å². The third-order valence-corrected chi connectivity index (χ3v) is 5.34. The predicted molar refractivity (Wildman–Crippen MR) is 104 cm³/mol. The Balaban J connectivity index is 1.78. The highest BCUT2D eigenvalue weighted by Gasteiger charge is 2.35. The van der Waals surface area contributed by atoms with Crippen LogP contribution in [-0.2, 0) is 4.84 Å². The summed E-state index contributed by atoms with van der Waals surface area (Å²) in [5.41, 5.74) is 4.32. The maximum atomic E-state index is 13.2. The molecule has 0 radical (unpaired) electrons. The molecule has 134 valence electrons. The van der Waals surface area contributed by atoms with Crippen LogP contribution in [0.15, 0.2) is 46.0 Å². The number of oxime groups is 1. The van der Waals surface area contributed by atoms with Crippen LogP contribution in [0.2, 0.25) is 0 Å². The van der Waals surface area contributed by atoms with E-state index in [4.69, 9.17) is 9.57 Å². The molecule has 6 nitrogen and oxygen atoms in total. The van der Waals surface area contributed by atoms with E-state index in [1.807, 2.05) is 36.4 Å². The van der Waals surface area contributed by atoms with Crippen molar-refractivity contribution in [3.63, 3.8) is 0 Å². The van der Waals surface area contributed by atoms with E-state index in [0.717, 1.165) is 45.8 Å². The van der Waals surface area contributed by atoms with Crippen molar-refractivity contribution in [2.75, 3.05) is 37.2 Å². The van der Waals surface area contributed by atoms with Crippen molar-refractivity contribution in [2.24, 2.45) is 5.16 Å². The number of carbonyl (C=O) groups excluding carboxylic acids is 1. The van der Waals surface area contributed by atoms with Gasteiger partial charge in [-0.25, -0.2) is 0 Å². The van der Waals surface area contributed by atoms with Gasteiger partial charge in [0.05, 0.1) is 35.2 Å². The van der Waals surface area contributed by atoms with Crippen LogP contribution in [0.3, 0.4) is 0 Å². The molecular weight excluding hydrogens is 398 g/mol. The van der Waals surface area contributed by atoms with Crippen molar-refractivity contribution in [3.05, 3.63) is 52.0 Å². The first kappa shape index (κ1) is 16.9. The van der Waals surface area contributed by atoms with Crippen molar-refractivity contribution < 1.29 is 14.4 Å². The third kappa shape index (κ3) is 2.63. The average Bonchev–Trinajstić information content (AvgIpc) is 2.66. The predicted octanol–water partition coefficient (Wildman–Crippen LogP) is 3.64. The molecule has 0 fully saturated rings. The Hall–Kier alpha value is -2.54. The summed E-state index contributed by atoms with van der Waals surface area (Å²) in [4.78, 5) is 22.1. The molecule has 0 saturated carbocycles. The minimum atomic E-state index is -0.0196. The van der Waals surface area contributed by atoms with Crippen molar-refractivity contribution in [2.45, 2.75) is 6.42 Å². The van der Waals surface area contributed by atoms with Crippen LogP contribution >= 0.6 is 15.9 Å². The Morgan fingerprint density at radius 2 is 1.96 bits per heavy atom. The van der Waals surface area contributed by atoms with Crippen LogP contribution in [-0.4, -0.2) is 39.1 Å². The Morgan fingerprint density at radius 3 is 2.69 bits per heavy atom. The highest BCUT2D eigenvalue weighted by atomic mass is 79.9. The van der Waals surface area contributed by atoms with E-state index >= 15 is 0 Å². The van der Waals surface area contributed by atoms with Gasteiger partial charge in [0.1, 0.15) is 12.9 Å². The lowest BCUT2D eigenvalue weighted by molar-refractivity contribution is 0.0982. The van der Waals surface area contributed by atoms with Crippen LogP contribution < -0.4 is 14.5 Å². The Bertz CT molecular complexity index is 913. The first-order valence-corrected chi connectivity index (χ1v) is 9.07. The van der Waals surface area contributed by atoms with Gasteiger partial charge in [-0.05, 0) is 40.2 Å². The van der Waals surface area contributed by atoms with Crippen LogP contribution in [0.4, 0.5) is 11.4 Å². The molecule has 0 bridgehead atoms. The number of nitrogens with zero attached hydrogens (tertiary/aromatic N) is 3. The monoisotopic (exact) mass is 415 g/mol. The highest BCUT2D eigenvalue weighted by molar-refractivity contribution is 9.10. The van der Waals surface area contributed by atoms with Gasteiger partial charge in [0.25, 0.3) is 5.91 Å². The largest absolute Gasteiger partial charge is 0.496 e. The molecule has 2 aromatic carbocycles. The second-order valence-corrected chi connectivity index (χ2v) is 6.98. The molecule has 2 aliphatic rings. The summed E-state index contributed by atoms with van der Waals surface area (Å²) in [7, 11) is 3.17. The quantitative estimate of drug-likeness (QED) is 0.718. The van der Waals surface area contributed by atoms with Crippen molar-refractivity contribution >= 4 is 38.9 Å². The first-order valence-electron chi connectivity index (χ1n) is 8.28. The molecule has 2 aliphatic heterocycles. The minimum absolute atomic E-state index is 0.0196. The molecule has 0 spiro atoms. The van der Waals surface area contributed by atoms with Crippen molar-refractivity contribution in [1.82, 2.24) is 0 Å². The molecule has 2 aromatic rings. The van der Waals surface area contributed by atoms with E-state index < -0.39 is 0 Å². The summed E-state index contributed by atoms with van der Waals surface area (Å²) in [5.74, 6) is 0.716. The van der Waals surface area contributed by atoms with Gasteiger partial charge >= 0.3 is 0 Å². The van der Waals surface area contributed by atoms with Crippen LogP contribution in [0, 0.1) is 0 Å². The molecule has 7 heteroatoms.